The van der Waals surface area contributed by atoms with E-state index in [0.717, 1.165) is 12.1 Å². The highest BCUT2D eigenvalue weighted by Gasteiger charge is 2.50. The lowest BCUT2D eigenvalue weighted by molar-refractivity contribution is -0.144. The number of rotatable bonds is 5. The van der Waals surface area contributed by atoms with E-state index < -0.39 is 38.1 Å². The fourth-order valence-corrected chi connectivity index (χ4v) is 3.47. The summed E-state index contributed by atoms with van der Waals surface area (Å²) in [5.74, 6) is -3.84. The molecule has 1 unspecified atom stereocenters. The molecule has 110 valence electrons. The first-order chi connectivity index (χ1) is 9.17. The Kier molecular flexibility index (Phi) is 3.55. The molecule has 1 atom stereocenters. The summed E-state index contributed by atoms with van der Waals surface area (Å²) in [5.41, 5.74) is -1.69. The predicted octanol–water partition coefficient (Wildman–Crippen LogP) is 1.50. The Morgan fingerprint density at radius 2 is 2.00 bits per heavy atom. The van der Waals surface area contributed by atoms with Crippen molar-refractivity contribution in [3.8, 4) is 0 Å². The van der Waals surface area contributed by atoms with Crippen LogP contribution in [0.5, 0.6) is 0 Å². The topological polar surface area (TPSA) is 83.5 Å². The molecule has 0 saturated heterocycles. The van der Waals surface area contributed by atoms with Crippen LogP contribution in [0, 0.1) is 17.6 Å². The van der Waals surface area contributed by atoms with Crippen molar-refractivity contribution in [1.29, 1.82) is 0 Å². The van der Waals surface area contributed by atoms with Gasteiger partial charge >= 0.3 is 5.97 Å². The first kappa shape index (κ1) is 14.9. The summed E-state index contributed by atoms with van der Waals surface area (Å²) in [7, 11) is -4.39. The molecule has 2 rings (SSSR count). The Balaban J connectivity index is 2.38. The number of sulfonamides is 1. The van der Waals surface area contributed by atoms with Crippen molar-refractivity contribution >= 4 is 16.0 Å². The van der Waals surface area contributed by atoms with Gasteiger partial charge in [-0.3, -0.25) is 4.79 Å². The average Bonchev–Trinajstić information content (AvgIpc) is 3.10. The monoisotopic (exact) mass is 305 g/mol. The minimum atomic E-state index is -4.39. The molecule has 1 aliphatic rings. The maximum Gasteiger partial charge on any atom is 0.324 e. The largest absolute Gasteiger partial charge is 0.480 e. The van der Waals surface area contributed by atoms with Crippen LogP contribution >= 0.6 is 0 Å². The van der Waals surface area contributed by atoms with Crippen molar-refractivity contribution in [1.82, 2.24) is 4.72 Å². The number of carboxylic acid groups (broad SMARTS) is 1. The number of hydrogen-bond donors (Lipinski definition) is 2. The fraction of sp³-hybridized carbons (Fsp3) is 0.417. The van der Waals surface area contributed by atoms with Gasteiger partial charge < -0.3 is 5.11 Å². The molecule has 1 aromatic rings. The molecule has 1 fully saturated rings. The molecule has 0 bridgehead atoms. The van der Waals surface area contributed by atoms with Gasteiger partial charge in [0.15, 0.2) is 0 Å². The minimum absolute atomic E-state index is 0.335. The third-order valence-corrected chi connectivity index (χ3v) is 4.97. The summed E-state index contributed by atoms with van der Waals surface area (Å²) in [5, 5.41) is 9.19. The van der Waals surface area contributed by atoms with Gasteiger partial charge in [-0.05, 0) is 37.8 Å². The quantitative estimate of drug-likeness (QED) is 0.863. The van der Waals surface area contributed by atoms with Crippen LogP contribution in [0.25, 0.3) is 0 Å². The second-order valence-electron chi connectivity index (χ2n) is 4.96. The third-order valence-electron chi connectivity index (χ3n) is 3.37. The molecule has 5 nitrogen and oxygen atoms in total. The molecular weight excluding hydrogens is 292 g/mol. The van der Waals surface area contributed by atoms with Gasteiger partial charge in [0, 0.05) is 6.07 Å². The van der Waals surface area contributed by atoms with Gasteiger partial charge in [-0.15, -0.1) is 0 Å². The number of carboxylic acids is 1. The van der Waals surface area contributed by atoms with Crippen LogP contribution in [0.15, 0.2) is 23.1 Å². The minimum Gasteiger partial charge on any atom is -0.480 e. The first-order valence-electron chi connectivity index (χ1n) is 5.89. The van der Waals surface area contributed by atoms with Crippen molar-refractivity contribution in [2.24, 2.45) is 5.92 Å². The number of carbonyl (C=O) groups is 1. The molecule has 1 aromatic carbocycles. The molecule has 2 N–H and O–H groups in total. The van der Waals surface area contributed by atoms with Crippen LogP contribution in [0.3, 0.4) is 0 Å². The lowest BCUT2D eigenvalue weighted by Crippen LogP contribution is -2.53. The second-order valence-corrected chi connectivity index (χ2v) is 6.61. The summed E-state index contributed by atoms with van der Waals surface area (Å²) in [6.45, 7) is 1.24. The second kappa shape index (κ2) is 4.78. The van der Waals surface area contributed by atoms with E-state index in [0.29, 0.717) is 18.9 Å². The summed E-state index contributed by atoms with van der Waals surface area (Å²) in [4.78, 5) is 10.5. The van der Waals surface area contributed by atoms with Gasteiger partial charge in [0.05, 0.1) is 0 Å². The Bertz CT molecular complexity index is 657. The zero-order chi connectivity index (χ0) is 15.1. The predicted molar refractivity (Wildman–Crippen MR) is 65.4 cm³/mol. The van der Waals surface area contributed by atoms with E-state index in [2.05, 4.69) is 0 Å². The highest BCUT2D eigenvalue weighted by molar-refractivity contribution is 7.89. The van der Waals surface area contributed by atoms with E-state index in [1.165, 1.54) is 6.92 Å². The summed E-state index contributed by atoms with van der Waals surface area (Å²) < 4.78 is 52.5. The van der Waals surface area contributed by atoms with Crippen LogP contribution in [0.4, 0.5) is 8.78 Å². The lowest BCUT2D eigenvalue weighted by Gasteiger charge is -2.25. The molecule has 0 heterocycles. The SMILES string of the molecule is CC(NS(=O)(=O)c1ccc(F)cc1F)(C(=O)O)C1CC1. The molecular formula is C12H13F2NO4S. The van der Waals surface area contributed by atoms with Crippen LogP contribution in [0.1, 0.15) is 19.8 Å². The number of halogens is 2. The smallest absolute Gasteiger partial charge is 0.324 e. The summed E-state index contributed by atoms with van der Waals surface area (Å²) in [6, 6.07) is 2.00. The molecule has 0 aliphatic heterocycles. The molecule has 1 aliphatic carbocycles. The van der Waals surface area contributed by atoms with E-state index in [-0.39, 0.29) is 5.92 Å². The molecule has 0 amide bonds. The third kappa shape index (κ3) is 2.66. The zero-order valence-electron chi connectivity index (χ0n) is 10.6. The Morgan fingerprint density at radius 1 is 1.40 bits per heavy atom. The normalized spacial score (nSPS) is 18.6. The number of benzene rings is 1. The molecule has 0 radical (unpaired) electrons. The molecule has 8 heteroatoms. The van der Waals surface area contributed by atoms with Gasteiger partial charge in [0.2, 0.25) is 10.0 Å². The first-order valence-corrected chi connectivity index (χ1v) is 7.37. The standard InChI is InChI=1S/C12H13F2NO4S/c1-12(11(16)17,7-2-3-7)15-20(18,19)10-5-4-8(13)6-9(10)14/h4-7,15H,2-3H2,1H3,(H,16,17). The van der Waals surface area contributed by atoms with Crippen LogP contribution in [-0.2, 0) is 14.8 Å². The van der Waals surface area contributed by atoms with E-state index in [1.807, 2.05) is 4.72 Å². The van der Waals surface area contributed by atoms with E-state index in [4.69, 9.17) is 0 Å². The highest BCUT2D eigenvalue weighted by atomic mass is 32.2. The van der Waals surface area contributed by atoms with Crippen molar-refractivity contribution in [3.63, 3.8) is 0 Å². The van der Waals surface area contributed by atoms with E-state index >= 15 is 0 Å². The van der Waals surface area contributed by atoms with Crippen LogP contribution < -0.4 is 4.72 Å². The summed E-state index contributed by atoms with van der Waals surface area (Å²) in [6.07, 6.45) is 1.16. The lowest BCUT2D eigenvalue weighted by atomic mass is 9.98. The molecule has 0 spiro atoms. The number of nitrogens with one attached hydrogen (secondary N) is 1. The number of hydrogen-bond acceptors (Lipinski definition) is 3. The van der Waals surface area contributed by atoms with E-state index in [1.54, 1.807) is 0 Å². The molecule has 20 heavy (non-hydrogen) atoms. The van der Waals surface area contributed by atoms with Crippen molar-refractivity contribution in [2.75, 3.05) is 0 Å². The van der Waals surface area contributed by atoms with Crippen molar-refractivity contribution in [3.05, 3.63) is 29.8 Å². The van der Waals surface area contributed by atoms with Gasteiger partial charge in [-0.25, -0.2) is 17.2 Å². The van der Waals surface area contributed by atoms with Crippen LogP contribution in [-0.4, -0.2) is 25.0 Å². The van der Waals surface area contributed by atoms with Crippen molar-refractivity contribution < 1.29 is 27.1 Å². The molecule has 0 aromatic heterocycles. The zero-order valence-corrected chi connectivity index (χ0v) is 11.4. The Hall–Kier alpha value is -1.54. The van der Waals surface area contributed by atoms with Gasteiger partial charge in [0.1, 0.15) is 22.1 Å². The van der Waals surface area contributed by atoms with Gasteiger partial charge in [-0.2, -0.15) is 4.72 Å². The van der Waals surface area contributed by atoms with Gasteiger partial charge in [0.25, 0.3) is 0 Å². The van der Waals surface area contributed by atoms with Crippen LogP contribution in [0.2, 0.25) is 0 Å². The maximum absolute atomic E-state index is 13.5. The Morgan fingerprint density at radius 3 is 2.45 bits per heavy atom. The van der Waals surface area contributed by atoms with Gasteiger partial charge in [-0.1, -0.05) is 0 Å². The van der Waals surface area contributed by atoms with E-state index in [9.17, 15) is 27.1 Å². The average molecular weight is 305 g/mol. The highest BCUT2D eigenvalue weighted by Crippen LogP contribution is 2.40. The van der Waals surface area contributed by atoms with Crippen molar-refractivity contribution in [2.45, 2.75) is 30.2 Å². The molecule has 1 saturated carbocycles. The fourth-order valence-electron chi connectivity index (χ4n) is 1.99. The number of aliphatic carboxylic acids is 1. The Labute approximate surface area is 114 Å². The maximum atomic E-state index is 13.5. The summed E-state index contributed by atoms with van der Waals surface area (Å²) >= 11 is 0.